The van der Waals surface area contributed by atoms with Crippen molar-refractivity contribution in [1.29, 1.82) is 0 Å². The molecule has 0 radical (unpaired) electrons. The van der Waals surface area contributed by atoms with Crippen LogP contribution in [0.5, 0.6) is 0 Å². The number of nitrogens with one attached hydrogen (secondary N) is 2. The van der Waals surface area contributed by atoms with E-state index in [-0.39, 0.29) is 12.6 Å². The molecule has 0 unspecified atom stereocenters. The van der Waals surface area contributed by atoms with Crippen LogP contribution < -0.4 is 10.6 Å². The van der Waals surface area contributed by atoms with Crippen LogP contribution in [-0.4, -0.2) is 25.2 Å². The van der Waals surface area contributed by atoms with E-state index < -0.39 is 5.97 Å². The summed E-state index contributed by atoms with van der Waals surface area (Å²) in [6.07, 6.45) is 0. The van der Waals surface area contributed by atoms with Crippen molar-refractivity contribution in [3.05, 3.63) is 21.9 Å². The van der Waals surface area contributed by atoms with Gasteiger partial charge < -0.3 is 15.4 Å². The summed E-state index contributed by atoms with van der Waals surface area (Å²) < 4.78 is 4.68. The van der Waals surface area contributed by atoms with E-state index in [1.165, 1.54) is 4.88 Å². The third kappa shape index (κ3) is 5.35. The van der Waals surface area contributed by atoms with Crippen molar-refractivity contribution < 1.29 is 14.3 Å². The predicted octanol–water partition coefficient (Wildman–Crippen LogP) is 1.42. The van der Waals surface area contributed by atoms with Crippen LogP contribution in [0.3, 0.4) is 0 Å². The Morgan fingerprint density at radius 1 is 1.35 bits per heavy atom. The zero-order valence-electron chi connectivity index (χ0n) is 9.91. The standard InChI is InChI=1S/C11H16N2O3S/c1-3-16-10(14)7-13-11(15)12-6-9-5-4-8(2)17-9/h4-5H,3,6-7H2,1-2H3,(H2,12,13,15). The van der Waals surface area contributed by atoms with Gasteiger partial charge in [-0.15, -0.1) is 11.3 Å². The van der Waals surface area contributed by atoms with Gasteiger partial charge in [0.05, 0.1) is 13.2 Å². The Morgan fingerprint density at radius 2 is 2.12 bits per heavy atom. The van der Waals surface area contributed by atoms with Gasteiger partial charge in [0.25, 0.3) is 0 Å². The van der Waals surface area contributed by atoms with Crippen LogP contribution in [0.1, 0.15) is 16.7 Å². The molecule has 1 heterocycles. The summed E-state index contributed by atoms with van der Waals surface area (Å²) in [5.74, 6) is -0.436. The highest BCUT2D eigenvalue weighted by Gasteiger charge is 2.05. The molecule has 0 aliphatic carbocycles. The maximum Gasteiger partial charge on any atom is 0.325 e. The molecule has 2 N–H and O–H groups in total. The van der Waals surface area contributed by atoms with Crippen LogP contribution in [0.4, 0.5) is 4.79 Å². The van der Waals surface area contributed by atoms with Crippen LogP contribution in [0.2, 0.25) is 0 Å². The Labute approximate surface area is 104 Å². The van der Waals surface area contributed by atoms with E-state index in [1.807, 2.05) is 19.1 Å². The van der Waals surface area contributed by atoms with E-state index in [2.05, 4.69) is 15.4 Å². The summed E-state index contributed by atoms with van der Waals surface area (Å²) in [5.41, 5.74) is 0. The number of carbonyl (C=O) groups is 2. The number of hydrogen-bond donors (Lipinski definition) is 2. The fourth-order valence-electron chi connectivity index (χ4n) is 1.17. The Balaban J connectivity index is 2.19. The minimum Gasteiger partial charge on any atom is -0.465 e. The molecule has 1 rings (SSSR count). The maximum absolute atomic E-state index is 11.3. The first-order valence-electron chi connectivity index (χ1n) is 5.34. The molecule has 0 atom stereocenters. The molecule has 0 saturated carbocycles. The Kier molecular flexibility index (Phi) is 5.48. The Bertz CT molecular complexity index is 390. The quantitative estimate of drug-likeness (QED) is 0.783. The van der Waals surface area contributed by atoms with Crippen LogP contribution in [0.25, 0.3) is 0 Å². The van der Waals surface area contributed by atoms with Gasteiger partial charge in [0.1, 0.15) is 6.54 Å². The number of rotatable bonds is 5. The molecule has 0 aliphatic rings. The topological polar surface area (TPSA) is 67.4 Å². The average Bonchev–Trinajstić information content (AvgIpc) is 2.70. The molecule has 5 nitrogen and oxygen atoms in total. The van der Waals surface area contributed by atoms with Crippen LogP contribution >= 0.6 is 11.3 Å². The lowest BCUT2D eigenvalue weighted by atomic mass is 10.4. The zero-order valence-corrected chi connectivity index (χ0v) is 10.7. The lowest BCUT2D eigenvalue weighted by molar-refractivity contribution is -0.141. The highest BCUT2D eigenvalue weighted by atomic mass is 32.1. The molecule has 0 bridgehead atoms. The molecule has 0 saturated heterocycles. The van der Waals surface area contributed by atoms with Gasteiger partial charge in [0.2, 0.25) is 0 Å². The van der Waals surface area contributed by atoms with E-state index in [1.54, 1.807) is 18.3 Å². The lowest BCUT2D eigenvalue weighted by Crippen LogP contribution is -2.38. The minimum absolute atomic E-state index is 0.108. The number of urea groups is 1. The van der Waals surface area contributed by atoms with Gasteiger partial charge in [0.15, 0.2) is 0 Å². The number of thiophene rings is 1. The molecule has 0 spiro atoms. The van der Waals surface area contributed by atoms with E-state index >= 15 is 0 Å². The largest absolute Gasteiger partial charge is 0.465 e. The third-order valence-electron chi connectivity index (χ3n) is 1.92. The van der Waals surface area contributed by atoms with Gasteiger partial charge in [0, 0.05) is 9.75 Å². The molecular formula is C11H16N2O3S. The van der Waals surface area contributed by atoms with Crippen molar-refractivity contribution in [1.82, 2.24) is 10.6 Å². The number of aryl methyl sites for hydroxylation is 1. The number of hydrogen-bond acceptors (Lipinski definition) is 4. The average molecular weight is 256 g/mol. The first-order valence-corrected chi connectivity index (χ1v) is 6.16. The molecule has 0 fully saturated rings. The summed E-state index contributed by atoms with van der Waals surface area (Å²) in [4.78, 5) is 24.5. The molecule has 6 heteroatoms. The van der Waals surface area contributed by atoms with E-state index in [4.69, 9.17) is 0 Å². The number of amides is 2. The maximum atomic E-state index is 11.3. The second-order valence-corrected chi connectivity index (χ2v) is 4.73. The zero-order chi connectivity index (χ0) is 12.7. The molecule has 0 aliphatic heterocycles. The van der Waals surface area contributed by atoms with Crippen molar-refractivity contribution in [2.24, 2.45) is 0 Å². The molecule has 1 aromatic rings. The van der Waals surface area contributed by atoms with Crippen molar-refractivity contribution in [2.45, 2.75) is 20.4 Å². The van der Waals surface area contributed by atoms with Gasteiger partial charge in [-0.2, -0.15) is 0 Å². The Hall–Kier alpha value is -1.56. The third-order valence-corrected chi connectivity index (χ3v) is 2.92. The first kappa shape index (κ1) is 13.5. The molecule has 1 aromatic heterocycles. The molecule has 17 heavy (non-hydrogen) atoms. The smallest absolute Gasteiger partial charge is 0.325 e. The highest BCUT2D eigenvalue weighted by molar-refractivity contribution is 7.11. The van der Waals surface area contributed by atoms with Gasteiger partial charge in [-0.25, -0.2) is 4.79 Å². The van der Waals surface area contributed by atoms with Crippen LogP contribution in [0.15, 0.2) is 12.1 Å². The number of carbonyl (C=O) groups excluding carboxylic acids is 2. The summed E-state index contributed by atoms with van der Waals surface area (Å²) in [7, 11) is 0. The summed E-state index contributed by atoms with van der Waals surface area (Å²) in [5, 5.41) is 5.09. The van der Waals surface area contributed by atoms with Gasteiger partial charge in [-0.05, 0) is 26.0 Å². The monoisotopic (exact) mass is 256 g/mol. The molecule has 0 aromatic carbocycles. The lowest BCUT2D eigenvalue weighted by Gasteiger charge is -2.06. The molecular weight excluding hydrogens is 240 g/mol. The fraction of sp³-hybridized carbons (Fsp3) is 0.455. The van der Waals surface area contributed by atoms with E-state index in [0.29, 0.717) is 13.2 Å². The summed E-state index contributed by atoms with van der Waals surface area (Å²) >= 11 is 1.63. The highest BCUT2D eigenvalue weighted by Crippen LogP contribution is 2.14. The normalized spacial score (nSPS) is 9.76. The second kappa shape index (κ2) is 6.90. The second-order valence-electron chi connectivity index (χ2n) is 3.35. The number of ether oxygens (including phenoxy) is 1. The van der Waals surface area contributed by atoms with Crippen molar-refractivity contribution in [3.8, 4) is 0 Å². The number of esters is 1. The van der Waals surface area contributed by atoms with Gasteiger partial charge >= 0.3 is 12.0 Å². The van der Waals surface area contributed by atoms with Crippen molar-refractivity contribution in [2.75, 3.05) is 13.2 Å². The van der Waals surface area contributed by atoms with E-state index in [0.717, 1.165) is 4.88 Å². The predicted molar refractivity (Wildman–Crippen MR) is 65.9 cm³/mol. The summed E-state index contributed by atoms with van der Waals surface area (Å²) in [6.45, 7) is 4.40. The van der Waals surface area contributed by atoms with Crippen molar-refractivity contribution in [3.63, 3.8) is 0 Å². The van der Waals surface area contributed by atoms with Gasteiger partial charge in [-0.1, -0.05) is 0 Å². The SMILES string of the molecule is CCOC(=O)CNC(=O)NCc1ccc(C)s1. The minimum atomic E-state index is -0.436. The van der Waals surface area contributed by atoms with Gasteiger partial charge in [-0.3, -0.25) is 4.79 Å². The molecule has 2 amide bonds. The van der Waals surface area contributed by atoms with Crippen LogP contribution in [0, 0.1) is 6.92 Å². The Morgan fingerprint density at radius 3 is 2.71 bits per heavy atom. The first-order chi connectivity index (χ1) is 8.11. The fourth-order valence-corrected chi connectivity index (χ4v) is 2.00. The summed E-state index contributed by atoms with van der Waals surface area (Å²) in [6, 6.07) is 3.59. The van der Waals surface area contributed by atoms with Crippen molar-refractivity contribution >= 4 is 23.3 Å². The van der Waals surface area contributed by atoms with Crippen LogP contribution in [-0.2, 0) is 16.1 Å². The van der Waals surface area contributed by atoms with E-state index in [9.17, 15) is 9.59 Å². The molecule has 94 valence electrons.